The highest BCUT2D eigenvalue weighted by Gasteiger charge is 2.14. The summed E-state index contributed by atoms with van der Waals surface area (Å²) in [7, 11) is 3.21. The lowest BCUT2D eigenvalue weighted by molar-refractivity contribution is -0.120. The Morgan fingerprint density at radius 1 is 1.44 bits per heavy atom. The molecule has 18 heavy (non-hydrogen) atoms. The molecule has 0 aliphatic carbocycles. The maximum Gasteiger partial charge on any atom is 0.317 e. The molecular formula is C10H18N6O2. The number of hydrogen-bond acceptors (Lipinski definition) is 4. The van der Waals surface area contributed by atoms with E-state index in [1.807, 2.05) is 0 Å². The second kappa shape index (κ2) is 5.99. The van der Waals surface area contributed by atoms with Crippen molar-refractivity contribution in [3.05, 3.63) is 11.6 Å². The van der Waals surface area contributed by atoms with Crippen LogP contribution in [0, 0.1) is 6.92 Å². The van der Waals surface area contributed by atoms with Gasteiger partial charge in [0, 0.05) is 14.1 Å². The van der Waals surface area contributed by atoms with Gasteiger partial charge in [-0.15, -0.1) is 0 Å². The van der Waals surface area contributed by atoms with Gasteiger partial charge in [-0.05, 0) is 13.8 Å². The summed E-state index contributed by atoms with van der Waals surface area (Å²) >= 11 is 0. The number of nitrogens with one attached hydrogen (secondary N) is 3. The van der Waals surface area contributed by atoms with E-state index in [9.17, 15) is 9.59 Å². The van der Waals surface area contributed by atoms with Gasteiger partial charge in [0.25, 0.3) is 0 Å². The molecule has 8 nitrogen and oxygen atoms in total. The normalized spacial score (nSPS) is 11.8. The first-order valence-electron chi connectivity index (χ1n) is 5.53. The fraction of sp³-hybridized carbons (Fsp3) is 0.600. The first-order chi connectivity index (χ1) is 8.40. The Morgan fingerprint density at radius 3 is 2.61 bits per heavy atom. The van der Waals surface area contributed by atoms with Crippen LogP contribution in [0.3, 0.4) is 0 Å². The molecule has 0 radical (unpaired) electrons. The van der Waals surface area contributed by atoms with Crippen molar-refractivity contribution in [2.75, 3.05) is 20.6 Å². The number of H-pyrrole nitrogens is 1. The van der Waals surface area contributed by atoms with Crippen LogP contribution in [0.4, 0.5) is 4.79 Å². The summed E-state index contributed by atoms with van der Waals surface area (Å²) in [5.41, 5.74) is 0. The molecule has 0 fully saturated rings. The molecule has 1 rings (SSSR count). The van der Waals surface area contributed by atoms with E-state index >= 15 is 0 Å². The van der Waals surface area contributed by atoms with Gasteiger partial charge in [0.2, 0.25) is 5.91 Å². The van der Waals surface area contributed by atoms with E-state index in [0.717, 1.165) is 0 Å². The Balaban J connectivity index is 2.38. The van der Waals surface area contributed by atoms with Crippen LogP contribution in [0.5, 0.6) is 0 Å². The number of aromatic nitrogens is 3. The molecule has 0 saturated heterocycles. The highest BCUT2D eigenvalue weighted by atomic mass is 16.2. The van der Waals surface area contributed by atoms with Gasteiger partial charge in [0.15, 0.2) is 5.82 Å². The smallest absolute Gasteiger partial charge is 0.317 e. The van der Waals surface area contributed by atoms with Crippen LogP contribution in [0.25, 0.3) is 0 Å². The Labute approximate surface area is 105 Å². The minimum absolute atomic E-state index is 0.0786. The fourth-order valence-electron chi connectivity index (χ4n) is 1.22. The SMILES string of the molecule is Cc1nc([C@@H](C)NC(=O)CNC(=O)N(C)C)n[nH]1. The van der Waals surface area contributed by atoms with Crippen molar-refractivity contribution in [1.29, 1.82) is 0 Å². The molecule has 1 atom stereocenters. The summed E-state index contributed by atoms with van der Waals surface area (Å²) in [6, 6.07) is -0.620. The number of hydrogen-bond donors (Lipinski definition) is 3. The number of carbonyl (C=O) groups is 2. The lowest BCUT2D eigenvalue weighted by Crippen LogP contribution is -2.42. The van der Waals surface area contributed by atoms with Crippen molar-refractivity contribution in [2.45, 2.75) is 19.9 Å². The molecule has 0 aromatic carbocycles. The molecular weight excluding hydrogens is 236 g/mol. The van der Waals surface area contributed by atoms with E-state index < -0.39 is 0 Å². The maximum absolute atomic E-state index is 11.6. The molecule has 0 saturated carbocycles. The van der Waals surface area contributed by atoms with Gasteiger partial charge in [0.1, 0.15) is 5.82 Å². The third-order valence-corrected chi connectivity index (χ3v) is 2.19. The molecule has 3 amide bonds. The maximum atomic E-state index is 11.6. The summed E-state index contributed by atoms with van der Waals surface area (Å²) in [5.74, 6) is 0.909. The zero-order valence-corrected chi connectivity index (χ0v) is 10.9. The molecule has 100 valence electrons. The van der Waals surface area contributed by atoms with Crippen LogP contribution in [-0.4, -0.2) is 52.7 Å². The number of amides is 3. The van der Waals surface area contributed by atoms with Crippen molar-refractivity contribution >= 4 is 11.9 Å². The molecule has 0 unspecified atom stereocenters. The third-order valence-electron chi connectivity index (χ3n) is 2.19. The largest absolute Gasteiger partial charge is 0.345 e. The number of aryl methyl sites for hydroxylation is 1. The Kier molecular flexibility index (Phi) is 4.64. The van der Waals surface area contributed by atoms with Crippen molar-refractivity contribution in [3.63, 3.8) is 0 Å². The van der Waals surface area contributed by atoms with E-state index in [1.165, 1.54) is 4.90 Å². The molecule has 1 aromatic rings. The zero-order valence-electron chi connectivity index (χ0n) is 10.9. The standard InChI is InChI=1S/C10H18N6O2/c1-6(9-13-7(2)14-15-9)12-8(17)5-11-10(18)16(3)4/h6H,5H2,1-4H3,(H,11,18)(H,12,17)(H,13,14,15)/t6-/m1/s1. The average Bonchev–Trinajstić information content (AvgIpc) is 2.72. The molecule has 0 aliphatic heterocycles. The van der Waals surface area contributed by atoms with Gasteiger partial charge in [-0.2, -0.15) is 5.10 Å². The fourth-order valence-corrected chi connectivity index (χ4v) is 1.22. The van der Waals surface area contributed by atoms with Gasteiger partial charge in [0.05, 0.1) is 12.6 Å². The van der Waals surface area contributed by atoms with Crippen LogP contribution >= 0.6 is 0 Å². The summed E-state index contributed by atoms with van der Waals surface area (Å²) in [5, 5.41) is 11.8. The van der Waals surface area contributed by atoms with E-state index in [1.54, 1.807) is 27.9 Å². The molecule has 1 heterocycles. The minimum Gasteiger partial charge on any atom is -0.345 e. The third kappa shape index (κ3) is 4.04. The van der Waals surface area contributed by atoms with Crippen LogP contribution in [-0.2, 0) is 4.79 Å². The molecule has 3 N–H and O–H groups in total. The predicted molar refractivity (Wildman–Crippen MR) is 64.8 cm³/mol. The second-order valence-corrected chi connectivity index (χ2v) is 4.12. The molecule has 1 aromatic heterocycles. The van der Waals surface area contributed by atoms with Crippen LogP contribution in [0.1, 0.15) is 24.6 Å². The highest BCUT2D eigenvalue weighted by Crippen LogP contribution is 2.04. The monoisotopic (exact) mass is 254 g/mol. The Morgan fingerprint density at radius 2 is 2.11 bits per heavy atom. The van der Waals surface area contributed by atoms with E-state index in [2.05, 4.69) is 25.8 Å². The Bertz CT molecular complexity index is 428. The average molecular weight is 254 g/mol. The van der Waals surface area contributed by atoms with Gasteiger partial charge in [-0.1, -0.05) is 0 Å². The van der Waals surface area contributed by atoms with E-state index in [4.69, 9.17) is 0 Å². The summed E-state index contributed by atoms with van der Waals surface area (Å²) in [6.07, 6.45) is 0. The Hall–Kier alpha value is -2.12. The summed E-state index contributed by atoms with van der Waals surface area (Å²) in [6.45, 7) is 3.47. The lowest BCUT2D eigenvalue weighted by Gasteiger charge is -2.13. The van der Waals surface area contributed by atoms with Gasteiger partial charge in [-0.25, -0.2) is 9.78 Å². The number of rotatable bonds is 4. The van der Waals surface area contributed by atoms with Crippen LogP contribution in [0.2, 0.25) is 0 Å². The zero-order chi connectivity index (χ0) is 13.7. The van der Waals surface area contributed by atoms with Crippen LogP contribution < -0.4 is 10.6 Å². The number of aromatic amines is 1. The summed E-state index contributed by atoms with van der Waals surface area (Å²) in [4.78, 5) is 28.2. The first-order valence-corrected chi connectivity index (χ1v) is 5.53. The first kappa shape index (κ1) is 13.9. The molecule has 0 bridgehead atoms. The van der Waals surface area contributed by atoms with Crippen molar-refractivity contribution < 1.29 is 9.59 Å². The van der Waals surface area contributed by atoms with Crippen molar-refractivity contribution in [2.24, 2.45) is 0 Å². The highest BCUT2D eigenvalue weighted by molar-refractivity contribution is 5.83. The lowest BCUT2D eigenvalue weighted by atomic mass is 10.3. The van der Waals surface area contributed by atoms with Gasteiger partial charge in [-0.3, -0.25) is 9.89 Å². The topological polar surface area (TPSA) is 103 Å². The van der Waals surface area contributed by atoms with E-state index in [-0.39, 0.29) is 24.5 Å². The van der Waals surface area contributed by atoms with Gasteiger partial charge >= 0.3 is 6.03 Å². The van der Waals surface area contributed by atoms with Crippen LogP contribution in [0.15, 0.2) is 0 Å². The van der Waals surface area contributed by atoms with E-state index in [0.29, 0.717) is 11.6 Å². The number of urea groups is 1. The van der Waals surface area contributed by atoms with Crippen molar-refractivity contribution in [3.8, 4) is 0 Å². The quantitative estimate of drug-likeness (QED) is 0.677. The summed E-state index contributed by atoms with van der Waals surface area (Å²) < 4.78 is 0. The number of carbonyl (C=O) groups excluding carboxylic acids is 2. The number of nitrogens with zero attached hydrogens (tertiary/aromatic N) is 3. The minimum atomic E-state index is -0.313. The second-order valence-electron chi connectivity index (χ2n) is 4.12. The predicted octanol–water partition coefficient (Wildman–Crippen LogP) is -0.438. The van der Waals surface area contributed by atoms with Crippen molar-refractivity contribution in [1.82, 2.24) is 30.7 Å². The molecule has 0 aliphatic rings. The molecule has 8 heteroatoms. The molecule has 0 spiro atoms. The van der Waals surface area contributed by atoms with Gasteiger partial charge < -0.3 is 15.5 Å².